The van der Waals surface area contributed by atoms with E-state index in [9.17, 15) is 0 Å². The summed E-state index contributed by atoms with van der Waals surface area (Å²) in [4.78, 5) is 0. The SMILES string of the molecule is COc1ccc(Cn2ccc(CNCC(C)C)n2)cc1Br. The Morgan fingerprint density at radius 1 is 1.33 bits per heavy atom. The molecule has 2 rings (SSSR count). The second kappa shape index (κ2) is 7.61. The number of ether oxygens (including phenoxy) is 1. The van der Waals surface area contributed by atoms with Gasteiger partial charge in [-0.05, 0) is 52.2 Å². The van der Waals surface area contributed by atoms with Crippen molar-refractivity contribution in [2.75, 3.05) is 13.7 Å². The van der Waals surface area contributed by atoms with E-state index in [0.29, 0.717) is 5.92 Å². The van der Waals surface area contributed by atoms with Crippen molar-refractivity contribution in [3.63, 3.8) is 0 Å². The zero-order chi connectivity index (χ0) is 15.2. The van der Waals surface area contributed by atoms with Gasteiger partial charge in [0.15, 0.2) is 0 Å². The number of nitrogens with one attached hydrogen (secondary N) is 1. The summed E-state index contributed by atoms with van der Waals surface area (Å²) in [5.74, 6) is 1.50. The van der Waals surface area contributed by atoms with Crippen LogP contribution in [-0.2, 0) is 13.1 Å². The first-order valence-corrected chi connectivity index (χ1v) is 7.93. The first-order chi connectivity index (χ1) is 10.1. The Kier molecular flexibility index (Phi) is 5.82. The van der Waals surface area contributed by atoms with Gasteiger partial charge in [-0.15, -0.1) is 0 Å². The molecule has 0 bridgehead atoms. The largest absolute Gasteiger partial charge is 0.496 e. The minimum absolute atomic E-state index is 0.656. The molecule has 114 valence electrons. The van der Waals surface area contributed by atoms with Crippen LogP contribution in [0.15, 0.2) is 34.9 Å². The average Bonchev–Trinajstić information content (AvgIpc) is 2.86. The van der Waals surface area contributed by atoms with Crippen molar-refractivity contribution in [3.05, 3.63) is 46.2 Å². The molecule has 5 heteroatoms. The third kappa shape index (κ3) is 4.86. The van der Waals surface area contributed by atoms with Crippen molar-refractivity contribution in [1.29, 1.82) is 0 Å². The van der Waals surface area contributed by atoms with Gasteiger partial charge in [0.1, 0.15) is 5.75 Å². The predicted octanol–water partition coefficient (Wildman–Crippen LogP) is 3.45. The number of methoxy groups -OCH3 is 1. The molecule has 0 aliphatic rings. The van der Waals surface area contributed by atoms with Crippen molar-refractivity contribution >= 4 is 15.9 Å². The van der Waals surface area contributed by atoms with Gasteiger partial charge in [-0.1, -0.05) is 19.9 Å². The normalized spacial score (nSPS) is 11.1. The highest BCUT2D eigenvalue weighted by molar-refractivity contribution is 9.10. The summed E-state index contributed by atoms with van der Waals surface area (Å²) in [6.45, 7) is 6.99. The molecule has 0 saturated heterocycles. The van der Waals surface area contributed by atoms with Crippen LogP contribution in [0.2, 0.25) is 0 Å². The maximum absolute atomic E-state index is 5.24. The Hall–Kier alpha value is -1.33. The van der Waals surface area contributed by atoms with Crippen molar-refractivity contribution in [1.82, 2.24) is 15.1 Å². The molecule has 1 N–H and O–H groups in total. The smallest absolute Gasteiger partial charge is 0.133 e. The molecule has 0 radical (unpaired) electrons. The molecule has 0 aliphatic heterocycles. The van der Waals surface area contributed by atoms with E-state index in [0.717, 1.165) is 35.6 Å². The maximum atomic E-state index is 5.24. The van der Waals surface area contributed by atoms with E-state index in [1.807, 2.05) is 16.9 Å². The molecule has 21 heavy (non-hydrogen) atoms. The number of benzene rings is 1. The van der Waals surface area contributed by atoms with Crippen LogP contribution in [0.1, 0.15) is 25.1 Å². The summed E-state index contributed by atoms with van der Waals surface area (Å²) < 4.78 is 8.17. The lowest BCUT2D eigenvalue weighted by molar-refractivity contribution is 0.412. The van der Waals surface area contributed by atoms with Gasteiger partial charge < -0.3 is 10.1 Å². The number of hydrogen-bond donors (Lipinski definition) is 1. The molecule has 0 unspecified atom stereocenters. The monoisotopic (exact) mass is 351 g/mol. The highest BCUT2D eigenvalue weighted by atomic mass is 79.9. The van der Waals surface area contributed by atoms with Gasteiger partial charge in [-0.2, -0.15) is 5.10 Å². The van der Waals surface area contributed by atoms with Crippen molar-refractivity contribution in [2.24, 2.45) is 5.92 Å². The Labute approximate surface area is 134 Å². The molecular weight excluding hydrogens is 330 g/mol. The van der Waals surface area contributed by atoms with Gasteiger partial charge in [0.05, 0.1) is 23.8 Å². The fraction of sp³-hybridized carbons (Fsp3) is 0.438. The van der Waals surface area contributed by atoms with Crippen LogP contribution in [0.3, 0.4) is 0 Å². The van der Waals surface area contributed by atoms with E-state index in [1.54, 1.807) is 7.11 Å². The lowest BCUT2D eigenvalue weighted by atomic mass is 10.2. The van der Waals surface area contributed by atoms with Crippen molar-refractivity contribution in [3.8, 4) is 5.75 Å². The van der Waals surface area contributed by atoms with Crippen molar-refractivity contribution in [2.45, 2.75) is 26.9 Å². The summed E-state index contributed by atoms with van der Waals surface area (Å²) in [7, 11) is 1.67. The van der Waals surface area contributed by atoms with Crippen LogP contribution < -0.4 is 10.1 Å². The molecule has 2 aromatic rings. The van der Waals surface area contributed by atoms with Crippen LogP contribution in [0, 0.1) is 5.92 Å². The Balaban J connectivity index is 1.94. The van der Waals surface area contributed by atoms with E-state index in [-0.39, 0.29) is 0 Å². The summed E-state index contributed by atoms with van der Waals surface area (Å²) in [6, 6.07) is 8.15. The van der Waals surface area contributed by atoms with Gasteiger partial charge in [0.2, 0.25) is 0 Å². The minimum Gasteiger partial charge on any atom is -0.496 e. The Morgan fingerprint density at radius 3 is 2.81 bits per heavy atom. The summed E-state index contributed by atoms with van der Waals surface area (Å²) >= 11 is 3.51. The second-order valence-electron chi connectivity index (χ2n) is 5.50. The fourth-order valence-electron chi connectivity index (χ4n) is 2.07. The molecule has 1 aromatic carbocycles. The molecule has 0 amide bonds. The van der Waals surface area contributed by atoms with Crippen LogP contribution in [0.5, 0.6) is 5.75 Å². The van der Waals surface area contributed by atoms with Crippen LogP contribution in [-0.4, -0.2) is 23.4 Å². The standard InChI is InChI=1S/C16H22BrN3O/c1-12(2)9-18-10-14-6-7-20(19-14)11-13-4-5-16(21-3)15(17)8-13/h4-8,12,18H,9-11H2,1-3H3. The number of nitrogens with zero attached hydrogens (tertiary/aromatic N) is 2. The zero-order valence-corrected chi connectivity index (χ0v) is 14.4. The highest BCUT2D eigenvalue weighted by Gasteiger charge is 2.04. The summed E-state index contributed by atoms with van der Waals surface area (Å²) in [5.41, 5.74) is 2.26. The second-order valence-corrected chi connectivity index (χ2v) is 6.35. The average molecular weight is 352 g/mol. The molecule has 1 aromatic heterocycles. The Bertz CT molecular complexity index is 581. The highest BCUT2D eigenvalue weighted by Crippen LogP contribution is 2.25. The predicted molar refractivity (Wildman–Crippen MR) is 88.6 cm³/mol. The number of halogens is 1. The van der Waals surface area contributed by atoms with E-state index in [1.165, 1.54) is 5.56 Å². The first kappa shape index (κ1) is 16.0. The third-order valence-corrected chi connectivity index (χ3v) is 3.74. The van der Waals surface area contributed by atoms with Crippen molar-refractivity contribution < 1.29 is 4.74 Å². The topological polar surface area (TPSA) is 39.1 Å². The quantitative estimate of drug-likeness (QED) is 0.830. The lowest BCUT2D eigenvalue weighted by Gasteiger charge is -2.07. The zero-order valence-electron chi connectivity index (χ0n) is 12.8. The third-order valence-electron chi connectivity index (χ3n) is 3.12. The molecule has 0 spiro atoms. The molecular formula is C16H22BrN3O. The van der Waals surface area contributed by atoms with Gasteiger partial charge >= 0.3 is 0 Å². The molecule has 0 atom stereocenters. The van der Waals surface area contributed by atoms with Gasteiger partial charge in [0.25, 0.3) is 0 Å². The van der Waals surface area contributed by atoms with Crippen LogP contribution in [0.25, 0.3) is 0 Å². The molecule has 4 nitrogen and oxygen atoms in total. The fourth-order valence-corrected chi connectivity index (χ4v) is 2.66. The number of rotatable bonds is 7. The molecule has 1 heterocycles. The van der Waals surface area contributed by atoms with E-state index < -0.39 is 0 Å². The summed E-state index contributed by atoms with van der Waals surface area (Å²) in [5, 5.41) is 7.98. The first-order valence-electron chi connectivity index (χ1n) is 7.14. The molecule has 0 fully saturated rings. The van der Waals surface area contributed by atoms with E-state index in [2.05, 4.69) is 58.4 Å². The molecule has 0 saturated carbocycles. The number of aromatic nitrogens is 2. The number of hydrogen-bond acceptors (Lipinski definition) is 3. The van der Waals surface area contributed by atoms with Crippen LogP contribution in [0.4, 0.5) is 0 Å². The summed E-state index contributed by atoms with van der Waals surface area (Å²) in [6.07, 6.45) is 2.02. The van der Waals surface area contributed by atoms with Crippen LogP contribution >= 0.6 is 15.9 Å². The lowest BCUT2D eigenvalue weighted by Crippen LogP contribution is -2.19. The minimum atomic E-state index is 0.656. The maximum Gasteiger partial charge on any atom is 0.133 e. The van der Waals surface area contributed by atoms with E-state index >= 15 is 0 Å². The van der Waals surface area contributed by atoms with Gasteiger partial charge in [-0.25, -0.2) is 0 Å². The van der Waals surface area contributed by atoms with Gasteiger partial charge in [0, 0.05) is 12.7 Å². The Morgan fingerprint density at radius 2 is 2.14 bits per heavy atom. The van der Waals surface area contributed by atoms with E-state index in [4.69, 9.17) is 4.74 Å². The molecule has 0 aliphatic carbocycles. The van der Waals surface area contributed by atoms with Gasteiger partial charge in [-0.3, -0.25) is 4.68 Å².